The van der Waals surface area contributed by atoms with Crippen molar-refractivity contribution in [1.82, 2.24) is 9.88 Å². The highest BCUT2D eigenvalue weighted by molar-refractivity contribution is 5.99. The van der Waals surface area contributed by atoms with Crippen molar-refractivity contribution < 1.29 is 38.1 Å². The highest BCUT2D eigenvalue weighted by atomic mass is 16.6. The van der Waals surface area contributed by atoms with E-state index in [1.54, 1.807) is 54.7 Å². The lowest BCUT2D eigenvalue weighted by Gasteiger charge is -2.33. The summed E-state index contributed by atoms with van der Waals surface area (Å²) in [4.78, 5) is 54.7. The minimum Gasteiger partial charge on any atom is -0.464 e. The Labute approximate surface area is 264 Å². The van der Waals surface area contributed by atoms with Crippen molar-refractivity contribution in [3.63, 3.8) is 0 Å². The number of para-hydroxylation sites is 1. The number of nitrogens with zero attached hydrogens (tertiary/aromatic N) is 1. The Balaban J connectivity index is 2.35. The molecule has 2 atom stereocenters. The fourth-order valence-electron chi connectivity index (χ4n) is 4.95. The summed E-state index contributed by atoms with van der Waals surface area (Å²) in [5, 5.41) is 3.22. The lowest BCUT2D eigenvalue weighted by Crippen LogP contribution is -2.52. The summed E-state index contributed by atoms with van der Waals surface area (Å²) in [5.41, 5.74) is 0.249. The van der Waals surface area contributed by atoms with E-state index in [0.29, 0.717) is 17.5 Å². The van der Waals surface area contributed by atoms with E-state index in [1.165, 1.54) is 6.08 Å². The Hall–Kier alpha value is -4.60. The van der Waals surface area contributed by atoms with Gasteiger partial charge in [0, 0.05) is 29.6 Å². The average molecular weight is 621 g/mol. The predicted octanol–water partition coefficient (Wildman–Crippen LogP) is 5.92. The van der Waals surface area contributed by atoms with Crippen LogP contribution in [-0.4, -0.2) is 59.0 Å². The Morgan fingerprint density at radius 3 is 1.98 bits per heavy atom. The summed E-state index contributed by atoms with van der Waals surface area (Å²) < 4.78 is 24.0. The number of carbonyl (C=O) groups excluding carboxylic acids is 4. The quantitative estimate of drug-likeness (QED) is 0.115. The first-order valence-electron chi connectivity index (χ1n) is 14.9. The standard InChI is InChI=1S/C35H44N2O8/c1-9-20-43-33(41)36-29(32(40)42-10-2)27(28(30(38)44-34(3,4)5)31(39)45-35(6,7)8)25-22-37(21-23-16-12-11-13-17-23)26-19-15-14-18-24(25)26/h9,11-19,22,27-29H,1,10,20-21H2,2-8H3,(H,36,41)/t27-,29-/m0/s1. The number of alkyl carbamates (subject to hydrolysis) is 1. The molecule has 10 nitrogen and oxygen atoms in total. The third-order valence-electron chi connectivity index (χ3n) is 6.56. The van der Waals surface area contributed by atoms with Crippen molar-refractivity contribution >= 4 is 34.9 Å². The van der Waals surface area contributed by atoms with E-state index in [9.17, 15) is 19.2 Å². The molecular weight excluding hydrogens is 576 g/mol. The normalized spacial score (nSPS) is 13.1. The van der Waals surface area contributed by atoms with Gasteiger partial charge in [-0.3, -0.25) is 9.59 Å². The summed E-state index contributed by atoms with van der Waals surface area (Å²) in [7, 11) is 0. The van der Waals surface area contributed by atoms with Crippen molar-refractivity contribution in [3.05, 3.63) is 84.6 Å². The van der Waals surface area contributed by atoms with Crippen LogP contribution in [0.15, 0.2) is 73.4 Å². The van der Waals surface area contributed by atoms with Crippen LogP contribution in [0.5, 0.6) is 0 Å². The molecule has 1 aromatic heterocycles. The molecule has 0 aliphatic heterocycles. The van der Waals surface area contributed by atoms with Gasteiger partial charge in [-0.15, -0.1) is 0 Å². The van der Waals surface area contributed by atoms with E-state index < -0.39 is 53.1 Å². The van der Waals surface area contributed by atoms with Gasteiger partial charge in [0.05, 0.1) is 6.61 Å². The molecule has 0 bridgehead atoms. The van der Waals surface area contributed by atoms with Crippen LogP contribution in [0.2, 0.25) is 0 Å². The topological polar surface area (TPSA) is 122 Å². The number of benzene rings is 2. The maximum Gasteiger partial charge on any atom is 0.408 e. The number of nitrogens with one attached hydrogen (secondary N) is 1. The highest BCUT2D eigenvalue weighted by Crippen LogP contribution is 2.38. The van der Waals surface area contributed by atoms with Gasteiger partial charge in [0.1, 0.15) is 23.9 Å². The molecule has 45 heavy (non-hydrogen) atoms. The maximum atomic E-state index is 14.0. The second-order valence-corrected chi connectivity index (χ2v) is 12.5. The Morgan fingerprint density at radius 1 is 0.844 bits per heavy atom. The molecule has 10 heteroatoms. The first-order chi connectivity index (χ1) is 21.1. The molecule has 3 rings (SSSR count). The number of fused-ring (bicyclic) bond motifs is 1. The third kappa shape index (κ3) is 9.69. The smallest absolute Gasteiger partial charge is 0.408 e. The first-order valence-corrected chi connectivity index (χ1v) is 14.9. The average Bonchev–Trinajstić information content (AvgIpc) is 3.30. The second-order valence-electron chi connectivity index (χ2n) is 12.5. The zero-order valence-electron chi connectivity index (χ0n) is 27.1. The summed E-state index contributed by atoms with van der Waals surface area (Å²) in [6.07, 6.45) is 2.20. The molecule has 0 radical (unpaired) electrons. The van der Waals surface area contributed by atoms with E-state index in [4.69, 9.17) is 18.9 Å². The van der Waals surface area contributed by atoms with Gasteiger partial charge >= 0.3 is 24.0 Å². The molecule has 0 unspecified atom stereocenters. The number of amides is 1. The minimum atomic E-state index is -1.69. The lowest BCUT2D eigenvalue weighted by molar-refractivity contribution is -0.176. The molecule has 0 saturated carbocycles. The zero-order valence-corrected chi connectivity index (χ0v) is 27.1. The second kappa shape index (κ2) is 14.9. The molecule has 2 aromatic carbocycles. The van der Waals surface area contributed by atoms with Gasteiger partial charge in [-0.1, -0.05) is 61.2 Å². The van der Waals surface area contributed by atoms with Crippen molar-refractivity contribution in [3.8, 4) is 0 Å². The monoisotopic (exact) mass is 620 g/mol. The van der Waals surface area contributed by atoms with Gasteiger partial charge in [0.2, 0.25) is 0 Å². The molecule has 0 aliphatic rings. The van der Waals surface area contributed by atoms with Crippen LogP contribution >= 0.6 is 0 Å². The molecule has 0 aliphatic carbocycles. The van der Waals surface area contributed by atoms with Crippen molar-refractivity contribution in [2.45, 2.75) is 78.2 Å². The van der Waals surface area contributed by atoms with Crippen molar-refractivity contribution in [1.29, 1.82) is 0 Å². The van der Waals surface area contributed by atoms with Crippen LogP contribution in [-0.2, 0) is 39.9 Å². The Kier molecular flexibility index (Phi) is 11.6. The molecule has 1 heterocycles. The zero-order chi connectivity index (χ0) is 33.4. The van der Waals surface area contributed by atoms with E-state index in [-0.39, 0.29) is 13.2 Å². The van der Waals surface area contributed by atoms with Crippen molar-refractivity contribution in [2.75, 3.05) is 13.2 Å². The Bertz CT molecular complexity index is 1470. The SMILES string of the molecule is C=CCOC(=O)N[C@H](C(=O)OCC)[C@@H](c1cn(Cc2ccccc2)c2ccccc12)C(C(=O)OC(C)(C)C)C(=O)OC(C)(C)C. The molecular formula is C35H44N2O8. The van der Waals surface area contributed by atoms with Crippen LogP contribution < -0.4 is 5.32 Å². The van der Waals surface area contributed by atoms with Gasteiger partial charge in [-0.25, -0.2) is 9.59 Å². The van der Waals surface area contributed by atoms with E-state index >= 15 is 0 Å². The lowest BCUT2D eigenvalue weighted by atomic mass is 9.79. The fourth-order valence-corrected chi connectivity index (χ4v) is 4.95. The van der Waals surface area contributed by atoms with Crippen molar-refractivity contribution in [2.24, 2.45) is 5.92 Å². The molecule has 1 N–H and O–H groups in total. The summed E-state index contributed by atoms with van der Waals surface area (Å²) in [6, 6.07) is 15.6. The minimum absolute atomic E-state index is 0.0231. The molecule has 242 valence electrons. The van der Waals surface area contributed by atoms with E-state index in [1.807, 2.05) is 59.2 Å². The van der Waals surface area contributed by atoms with E-state index in [2.05, 4.69) is 11.9 Å². The fraction of sp³-hybridized carbons (Fsp3) is 0.429. The van der Waals surface area contributed by atoms with Gasteiger partial charge < -0.3 is 28.8 Å². The number of hydrogen-bond donors (Lipinski definition) is 1. The van der Waals surface area contributed by atoms with Gasteiger partial charge in [-0.05, 0) is 65.7 Å². The van der Waals surface area contributed by atoms with Gasteiger partial charge in [-0.2, -0.15) is 0 Å². The number of carbonyl (C=O) groups is 4. The number of esters is 3. The first kappa shape index (κ1) is 34.9. The van der Waals surface area contributed by atoms with Crippen LogP contribution in [0, 0.1) is 5.92 Å². The summed E-state index contributed by atoms with van der Waals surface area (Å²) >= 11 is 0. The van der Waals surface area contributed by atoms with Gasteiger partial charge in [0.15, 0.2) is 5.92 Å². The summed E-state index contributed by atoms with van der Waals surface area (Å²) in [5.74, 6) is -5.72. The van der Waals surface area contributed by atoms with Crippen LogP contribution in [0.1, 0.15) is 65.5 Å². The number of aromatic nitrogens is 1. The summed E-state index contributed by atoms with van der Waals surface area (Å²) in [6.45, 7) is 15.5. The van der Waals surface area contributed by atoms with Crippen LogP contribution in [0.25, 0.3) is 10.9 Å². The molecule has 3 aromatic rings. The predicted molar refractivity (Wildman–Crippen MR) is 171 cm³/mol. The van der Waals surface area contributed by atoms with E-state index in [0.717, 1.165) is 11.1 Å². The highest BCUT2D eigenvalue weighted by Gasteiger charge is 2.49. The molecule has 0 fully saturated rings. The van der Waals surface area contributed by atoms with Crippen LogP contribution in [0.3, 0.4) is 0 Å². The Morgan fingerprint density at radius 2 is 1.42 bits per heavy atom. The number of ether oxygens (including phenoxy) is 4. The third-order valence-corrected chi connectivity index (χ3v) is 6.56. The maximum absolute atomic E-state index is 14.0. The largest absolute Gasteiger partial charge is 0.464 e. The number of rotatable bonds is 12. The van der Waals surface area contributed by atoms with Crippen LogP contribution in [0.4, 0.5) is 4.79 Å². The molecule has 1 amide bonds. The number of hydrogen-bond acceptors (Lipinski definition) is 8. The van der Waals surface area contributed by atoms with Gasteiger partial charge in [0.25, 0.3) is 0 Å². The molecule has 0 saturated heterocycles. The molecule has 0 spiro atoms.